The highest BCUT2D eigenvalue weighted by Crippen LogP contribution is 2.29. The molecule has 0 spiro atoms. The molecule has 29 heavy (non-hydrogen) atoms. The Morgan fingerprint density at radius 1 is 1.00 bits per heavy atom. The van der Waals surface area contributed by atoms with Crippen LogP contribution in [0.25, 0.3) is 0 Å². The topological polar surface area (TPSA) is 85.9 Å². The molecule has 2 N–H and O–H groups in total. The molecule has 0 unspecified atom stereocenters. The van der Waals surface area contributed by atoms with Crippen LogP contribution in [0.15, 0.2) is 18.2 Å². The van der Waals surface area contributed by atoms with Gasteiger partial charge in [0.05, 0.1) is 19.8 Å². The first-order chi connectivity index (χ1) is 13.7. The highest BCUT2D eigenvalue weighted by molar-refractivity contribution is 5.95. The van der Waals surface area contributed by atoms with E-state index in [1.54, 1.807) is 25.3 Å². The number of alkyl carbamates (subject to hydrolysis) is 1. The molecule has 0 saturated heterocycles. The molecule has 1 aliphatic carbocycles. The van der Waals surface area contributed by atoms with E-state index in [1.807, 2.05) is 20.8 Å². The number of ether oxygens (including phenoxy) is 3. The summed E-state index contributed by atoms with van der Waals surface area (Å²) < 4.78 is 16.0. The Bertz CT molecular complexity index is 704. The van der Waals surface area contributed by atoms with Crippen LogP contribution in [0.1, 0.15) is 69.7 Å². The van der Waals surface area contributed by atoms with Gasteiger partial charge in [0.1, 0.15) is 5.60 Å². The summed E-state index contributed by atoms with van der Waals surface area (Å²) in [5.74, 6) is 0.840. The average molecular weight is 407 g/mol. The van der Waals surface area contributed by atoms with Crippen LogP contribution in [0.3, 0.4) is 0 Å². The lowest BCUT2D eigenvalue weighted by molar-refractivity contribution is 0.0437. The summed E-state index contributed by atoms with van der Waals surface area (Å²) in [4.78, 5) is 25.2. The Balaban J connectivity index is 2.10. The maximum Gasteiger partial charge on any atom is 0.408 e. The quantitative estimate of drug-likeness (QED) is 0.696. The molecule has 1 aliphatic rings. The molecule has 1 fully saturated rings. The lowest BCUT2D eigenvalue weighted by Gasteiger charge is -2.35. The van der Waals surface area contributed by atoms with Crippen LogP contribution in [0, 0.1) is 0 Å². The van der Waals surface area contributed by atoms with Gasteiger partial charge in [0.25, 0.3) is 5.91 Å². The van der Waals surface area contributed by atoms with Crippen molar-refractivity contribution in [3.63, 3.8) is 0 Å². The zero-order valence-corrected chi connectivity index (χ0v) is 18.2. The van der Waals surface area contributed by atoms with Crippen LogP contribution in [-0.4, -0.2) is 43.9 Å². The summed E-state index contributed by atoms with van der Waals surface area (Å²) in [6, 6.07) is 5.04. The van der Waals surface area contributed by atoms with Crippen molar-refractivity contribution in [1.82, 2.24) is 10.6 Å². The van der Waals surface area contributed by atoms with Crippen molar-refractivity contribution >= 4 is 12.0 Å². The lowest BCUT2D eigenvalue weighted by Crippen LogP contribution is -2.56. The van der Waals surface area contributed by atoms with Gasteiger partial charge in [-0.05, 0) is 51.8 Å². The summed E-state index contributed by atoms with van der Waals surface area (Å²) in [5.41, 5.74) is -0.604. The zero-order valence-electron chi connectivity index (χ0n) is 18.2. The summed E-state index contributed by atoms with van der Waals surface area (Å²) in [6.45, 7) is 5.86. The molecule has 0 bridgehead atoms. The number of methoxy groups -OCH3 is 2. The summed E-state index contributed by atoms with van der Waals surface area (Å²) in [7, 11) is 3.08. The number of carbonyl (C=O) groups is 2. The summed E-state index contributed by atoms with van der Waals surface area (Å²) in [5, 5.41) is 6.04. The van der Waals surface area contributed by atoms with Crippen molar-refractivity contribution in [3.8, 4) is 11.5 Å². The molecule has 0 aromatic heterocycles. The standard InChI is InChI=1S/C22H34N2O5/c1-21(2,3)29-20(26)24-22(12-8-6-7-9-13-22)15-23-19(25)16-10-11-17(27-4)18(14-16)28-5/h10-11,14H,6-9,12-13,15H2,1-5H3,(H,23,25)(H,24,26). The average Bonchev–Trinajstić information content (AvgIpc) is 2.89. The van der Waals surface area contributed by atoms with Gasteiger partial charge in [-0.3, -0.25) is 4.79 Å². The molecule has 0 radical (unpaired) electrons. The smallest absolute Gasteiger partial charge is 0.408 e. The monoisotopic (exact) mass is 406 g/mol. The molecule has 7 nitrogen and oxygen atoms in total. The first-order valence-electron chi connectivity index (χ1n) is 10.2. The van der Waals surface area contributed by atoms with Crippen molar-refractivity contribution in [2.24, 2.45) is 0 Å². The van der Waals surface area contributed by atoms with Gasteiger partial charge >= 0.3 is 6.09 Å². The van der Waals surface area contributed by atoms with Gasteiger partial charge in [0.2, 0.25) is 0 Å². The van der Waals surface area contributed by atoms with E-state index in [-0.39, 0.29) is 5.91 Å². The minimum atomic E-state index is -0.571. The minimum absolute atomic E-state index is 0.222. The van der Waals surface area contributed by atoms with E-state index in [4.69, 9.17) is 14.2 Å². The van der Waals surface area contributed by atoms with Gasteiger partial charge in [0, 0.05) is 12.1 Å². The third-order valence-electron chi connectivity index (χ3n) is 5.06. The first-order valence-corrected chi connectivity index (χ1v) is 10.2. The Hall–Kier alpha value is -2.44. The van der Waals surface area contributed by atoms with E-state index in [0.29, 0.717) is 23.6 Å². The summed E-state index contributed by atoms with van der Waals surface area (Å²) >= 11 is 0. The molecule has 1 aromatic carbocycles. The Morgan fingerprint density at radius 2 is 1.62 bits per heavy atom. The van der Waals surface area contributed by atoms with E-state index in [9.17, 15) is 9.59 Å². The van der Waals surface area contributed by atoms with E-state index in [0.717, 1.165) is 38.5 Å². The molecule has 1 saturated carbocycles. The normalized spacial score (nSPS) is 16.3. The fraction of sp³-hybridized carbons (Fsp3) is 0.636. The Labute approximate surface area is 173 Å². The van der Waals surface area contributed by atoms with Crippen LogP contribution in [0.5, 0.6) is 11.5 Å². The number of amides is 2. The second-order valence-corrected chi connectivity index (χ2v) is 8.57. The van der Waals surface area contributed by atoms with Gasteiger partial charge in [-0.15, -0.1) is 0 Å². The molecule has 7 heteroatoms. The van der Waals surface area contributed by atoms with Crippen LogP contribution in [-0.2, 0) is 4.74 Å². The van der Waals surface area contributed by atoms with Gasteiger partial charge in [-0.1, -0.05) is 25.7 Å². The fourth-order valence-corrected chi connectivity index (χ4v) is 3.60. The van der Waals surface area contributed by atoms with E-state index in [1.165, 1.54) is 7.11 Å². The number of hydrogen-bond acceptors (Lipinski definition) is 5. The molecular formula is C22H34N2O5. The van der Waals surface area contributed by atoms with Crippen molar-refractivity contribution < 1.29 is 23.8 Å². The van der Waals surface area contributed by atoms with Gasteiger partial charge in [0.15, 0.2) is 11.5 Å². The predicted molar refractivity (Wildman–Crippen MR) is 112 cm³/mol. The third kappa shape index (κ3) is 6.84. The van der Waals surface area contributed by atoms with Crippen LogP contribution >= 0.6 is 0 Å². The molecule has 1 aromatic rings. The number of hydrogen-bond donors (Lipinski definition) is 2. The number of nitrogens with one attached hydrogen (secondary N) is 2. The van der Waals surface area contributed by atoms with Crippen molar-refractivity contribution in [3.05, 3.63) is 23.8 Å². The third-order valence-corrected chi connectivity index (χ3v) is 5.06. The number of benzene rings is 1. The van der Waals surface area contributed by atoms with E-state index >= 15 is 0 Å². The summed E-state index contributed by atoms with van der Waals surface area (Å²) in [6.07, 6.45) is 5.42. The predicted octanol–water partition coefficient (Wildman–Crippen LogP) is 4.05. The van der Waals surface area contributed by atoms with Gasteiger partial charge in [-0.2, -0.15) is 0 Å². The van der Waals surface area contributed by atoms with Crippen LogP contribution < -0.4 is 20.1 Å². The molecule has 0 atom stereocenters. The largest absolute Gasteiger partial charge is 0.493 e. The van der Waals surface area contributed by atoms with Crippen LogP contribution in [0.2, 0.25) is 0 Å². The molecular weight excluding hydrogens is 372 g/mol. The number of carbonyl (C=O) groups excluding carboxylic acids is 2. The highest BCUT2D eigenvalue weighted by atomic mass is 16.6. The lowest BCUT2D eigenvalue weighted by atomic mass is 9.90. The number of rotatable bonds is 6. The van der Waals surface area contributed by atoms with Gasteiger partial charge < -0.3 is 24.8 Å². The maximum absolute atomic E-state index is 12.7. The molecule has 2 rings (SSSR count). The van der Waals surface area contributed by atoms with Crippen molar-refractivity contribution in [1.29, 1.82) is 0 Å². The second-order valence-electron chi connectivity index (χ2n) is 8.57. The second kappa shape index (κ2) is 9.85. The van der Waals surface area contributed by atoms with Crippen LogP contribution in [0.4, 0.5) is 4.79 Å². The molecule has 0 aliphatic heterocycles. The van der Waals surface area contributed by atoms with Crippen molar-refractivity contribution in [2.75, 3.05) is 20.8 Å². The minimum Gasteiger partial charge on any atom is -0.493 e. The SMILES string of the molecule is COc1ccc(C(=O)NCC2(NC(=O)OC(C)(C)C)CCCCCC2)cc1OC. The molecule has 2 amide bonds. The molecule has 0 heterocycles. The van der Waals surface area contributed by atoms with E-state index in [2.05, 4.69) is 10.6 Å². The molecule has 162 valence electrons. The van der Waals surface area contributed by atoms with E-state index < -0.39 is 17.2 Å². The highest BCUT2D eigenvalue weighted by Gasteiger charge is 2.34. The first kappa shape index (κ1) is 22.8. The van der Waals surface area contributed by atoms with Crippen molar-refractivity contribution in [2.45, 2.75) is 70.4 Å². The fourth-order valence-electron chi connectivity index (χ4n) is 3.60. The maximum atomic E-state index is 12.7. The Kier molecular flexibility index (Phi) is 7.76. The zero-order chi connectivity index (χ0) is 21.5. The van der Waals surface area contributed by atoms with Gasteiger partial charge in [-0.25, -0.2) is 4.79 Å². The Morgan fingerprint density at radius 3 is 2.17 bits per heavy atom.